The first-order chi connectivity index (χ1) is 10.5. The Morgan fingerprint density at radius 2 is 1.91 bits per heavy atom. The number of nitrogens with zero attached hydrogens (tertiary/aromatic N) is 2. The molecular weight excluding hydrogens is 280 g/mol. The van der Waals surface area contributed by atoms with Gasteiger partial charge >= 0.3 is 0 Å². The van der Waals surface area contributed by atoms with Crippen molar-refractivity contribution in [1.82, 2.24) is 20.5 Å². The fourth-order valence-corrected chi connectivity index (χ4v) is 2.00. The lowest BCUT2D eigenvalue weighted by molar-refractivity contribution is -0.124. The number of carbonyl (C=O) groups excluding carboxylic acids is 1. The summed E-state index contributed by atoms with van der Waals surface area (Å²) in [6, 6.07) is 8.87. The summed E-state index contributed by atoms with van der Waals surface area (Å²) >= 11 is 0. The van der Waals surface area contributed by atoms with Crippen LogP contribution in [0.5, 0.6) is 0 Å². The van der Waals surface area contributed by atoms with Gasteiger partial charge in [0.05, 0.1) is 6.04 Å². The van der Waals surface area contributed by atoms with Crippen LogP contribution in [0.1, 0.15) is 38.9 Å². The van der Waals surface area contributed by atoms with Crippen LogP contribution in [0.25, 0.3) is 11.4 Å². The number of hydrogen-bond donors (Lipinski definition) is 2. The molecule has 116 valence electrons. The fraction of sp³-hybridized carbons (Fsp3) is 0.375. The Morgan fingerprint density at radius 3 is 2.45 bits per heavy atom. The summed E-state index contributed by atoms with van der Waals surface area (Å²) in [7, 11) is 0. The van der Waals surface area contributed by atoms with Crippen LogP contribution in [-0.4, -0.2) is 21.1 Å². The number of benzene rings is 1. The maximum atomic E-state index is 12.3. The van der Waals surface area contributed by atoms with E-state index in [1.165, 1.54) is 0 Å². The molecule has 0 saturated heterocycles. The van der Waals surface area contributed by atoms with E-state index < -0.39 is 6.04 Å². The molecule has 0 radical (unpaired) electrons. The van der Waals surface area contributed by atoms with Crippen LogP contribution in [0.3, 0.4) is 0 Å². The summed E-state index contributed by atoms with van der Waals surface area (Å²) in [6.07, 6.45) is 0.570. The Hall–Kier alpha value is -2.50. The molecule has 1 aromatic heterocycles. The number of nitrogens with one attached hydrogen (secondary N) is 2. The maximum Gasteiger partial charge on any atom is 0.275 e. The van der Waals surface area contributed by atoms with E-state index in [0.717, 1.165) is 5.56 Å². The molecule has 0 bridgehead atoms. The highest BCUT2D eigenvalue weighted by Gasteiger charge is 2.20. The highest BCUT2D eigenvalue weighted by Crippen LogP contribution is 2.14. The summed E-state index contributed by atoms with van der Waals surface area (Å²) in [5.74, 6) is 0.157. The van der Waals surface area contributed by atoms with Crippen LogP contribution in [0, 0.1) is 5.92 Å². The monoisotopic (exact) mass is 300 g/mol. The third-order valence-corrected chi connectivity index (χ3v) is 3.35. The van der Waals surface area contributed by atoms with Crippen molar-refractivity contribution in [3.05, 3.63) is 46.4 Å². The van der Waals surface area contributed by atoms with Crippen LogP contribution in [-0.2, 0) is 4.79 Å². The molecule has 6 heteroatoms. The summed E-state index contributed by atoms with van der Waals surface area (Å²) in [5, 5.41) is 10.9. The van der Waals surface area contributed by atoms with E-state index in [0.29, 0.717) is 12.2 Å². The highest BCUT2D eigenvalue weighted by molar-refractivity contribution is 5.78. The highest BCUT2D eigenvalue weighted by atomic mass is 16.2. The molecule has 2 aromatic rings. The second kappa shape index (κ2) is 6.98. The molecule has 1 atom stereocenters. The molecule has 1 unspecified atom stereocenters. The normalized spacial score (nSPS) is 12.2. The predicted molar refractivity (Wildman–Crippen MR) is 84.1 cm³/mol. The van der Waals surface area contributed by atoms with E-state index in [1.54, 1.807) is 13.8 Å². The Balaban J connectivity index is 2.29. The van der Waals surface area contributed by atoms with Gasteiger partial charge in [-0.3, -0.25) is 9.59 Å². The maximum absolute atomic E-state index is 12.3. The van der Waals surface area contributed by atoms with Crippen molar-refractivity contribution in [2.45, 2.75) is 33.2 Å². The van der Waals surface area contributed by atoms with Gasteiger partial charge in [0.25, 0.3) is 5.56 Å². The van der Waals surface area contributed by atoms with E-state index in [2.05, 4.69) is 20.5 Å². The molecule has 0 spiro atoms. The predicted octanol–water partition coefficient (Wildman–Crippen LogP) is 2.06. The van der Waals surface area contributed by atoms with Crippen LogP contribution in [0.2, 0.25) is 0 Å². The van der Waals surface area contributed by atoms with Gasteiger partial charge in [0.15, 0.2) is 11.5 Å². The van der Waals surface area contributed by atoms with Crippen molar-refractivity contribution in [3.8, 4) is 11.4 Å². The van der Waals surface area contributed by atoms with Gasteiger partial charge in [-0.25, -0.2) is 0 Å². The van der Waals surface area contributed by atoms with Gasteiger partial charge in [-0.2, -0.15) is 0 Å². The SMILES string of the molecule is CCC(NC(=O)C(C)C)c1nnc(-c2ccccc2)[nH]c1=O. The topological polar surface area (TPSA) is 87.7 Å². The molecule has 0 aliphatic rings. The lowest BCUT2D eigenvalue weighted by Crippen LogP contribution is -2.35. The quantitative estimate of drug-likeness (QED) is 0.884. The first-order valence-electron chi connectivity index (χ1n) is 7.35. The molecule has 1 heterocycles. The molecular formula is C16H20N4O2. The van der Waals surface area contributed by atoms with E-state index in [9.17, 15) is 9.59 Å². The number of amides is 1. The molecule has 0 fully saturated rings. The number of aromatic amines is 1. The Bertz CT molecular complexity index is 695. The first-order valence-corrected chi connectivity index (χ1v) is 7.35. The van der Waals surface area contributed by atoms with E-state index in [-0.39, 0.29) is 23.1 Å². The second-order valence-corrected chi connectivity index (χ2v) is 5.38. The Labute approximate surface area is 129 Å². The van der Waals surface area contributed by atoms with Gasteiger partial charge in [-0.05, 0) is 6.42 Å². The Kier molecular flexibility index (Phi) is 5.04. The minimum Gasteiger partial charge on any atom is -0.347 e. The van der Waals surface area contributed by atoms with Crippen LogP contribution in [0.15, 0.2) is 35.1 Å². The van der Waals surface area contributed by atoms with Gasteiger partial charge in [0.1, 0.15) is 0 Å². The largest absolute Gasteiger partial charge is 0.347 e. The molecule has 6 nitrogen and oxygen atoms in total. The third-order valence-electron chi connectivity index (χ3n) is 3.35. The fourth-order valence-electron chi connectivity index (χ4n) is 2.00. The van der Waals surface area contributed by atoms with Gasteiger partial charge in [0.2, 0.25) is 5.91 Å². The molecule has 0 aliphatic heterocycles. The standard InChI is InChI=1S/C16H20N4O2/c1-4-12(17-15(21)10(2)3)13-16(22)18-14(20-19-13)11-8-6-5-7-9-11/h5-10,12H,4H2,1-3H3,(H,17,21)(H,18,20,22). The molecule has 0 aliphatic carbocycles. The van der Waals surface area contributed by atoms with Crippen LogP contribution < -0.4 is 10.9 Å². The third kappa shape index (κ3) is 3.58. The lowest BCUT2D eigenvalue weighted by Gasteiger charge is -2.16. The molecule has 1 aromatic carbocycles. The zero-order valence-electron chi connectivity index (χ0n) is 13.0. The van der Waals surface area contributed by atoms with Crippen molar-refractivity contribution < 1.29 is 4.79 Å². The van der Waals surface area contributed by atoms with Crippen molar-refractivity contribution in [2.75, 3.05) is 0 Å². The van der Waals surface area contributed by atoms with Gasteiger partial charge in [-0.15, -0.1) is 10.2 Å². The van der Waals surface area contributed by atoms with Crippen molar-refractivity contribution >= 4 is 5.91 Å². The number of hydrogen-bond acceptors (Lipinski definition) is 4. The molecule has 1 amide bonds. The molecule has 2 rings (SSSR count). The number of rotatable bonds is 5. The van der Waals surface area contributed by atoms with Crippen molar-refractivity contribution in [3.63, 3.8) is 0 Å². The average molecular weight is 300 g/mol. The van der Waals surface area contributed by atoms with Gasteiger partial charge in [-0.1, -0.05) is 51.1 Å². The van der Waals surface area contributed by atoms with Gasteiger partial charge < -0.3 is 10.3 Å². The summed E-state index contributed by atoms with van der Waals surface area (Å²) in [4.78, 5) is 26.8. The second-order valence-electron chi connectivity index (χ2n) is 5.38. The van der Waals surface area contributed by atoms with Crippen LogP contribution >= 0.6 is 0 Å². The number of aromatic nitrogens is 3. The molecule has 22 heavy (non-hydrogen) atoms. The smallest absolute Gasteiger partial charge is 0.275 e. The van der Waals surface area contributed by atoms with E-state index in [1.807, 2.05) is 37.3 Å². The summed E-state index contributed by atoms with van der Waals surface area (Å²) in [5.41, 5.74) is 0.693. The zero-order valence-corrected chi connectivity index (χ0v) is 13.0. The summed E-state index contributed by atoms with van der Waals surface area (Å²) < 4.78 is 0. The Morgan fingerprint density at radius 1 is 1.23 bits per heavy atom. The van der Waals surface area contributed by atoms with Gasteiger partial charge in [0, 0.05) is 11.5 Å². The lowest BCUT2D eigenvalue weighted by atomic mass is 10.1. The summed E-state index contributed by atoms with van der Waals surface area (Å²) in [6.45, 7) is 5.49. The number of carbonyl (C=O) groups is 1. The van der Waals surface area contributed by atoms with Crippen LogP contribution in [0.4, 0.5) is 0 Å². The van der Waals surface area contributed by atoms with Crippen molar-refractivity contribution in [2.24, 2.45) is 5.92 Å². The molecule has 0 saturated carbocycles. The molecule has 2 N–H and O–H groups in total. The zero-order chi connectivity index (χ0) is 16.1. The minimum atomic E-state index is -0.434. The van der Waals surface area contributed by atoms with E-state index in [4.69, 9.17) is 0 Å². The first kappa shape index (κ1) is 15.9. The van der Waals surface area contributed by atoms with Crippen molar-refractivity contribution in [1.29, 1.82) is 0 Å². The number of H-pyrrole nitrogens is 1. The van der Waals surface area contributed by atoms with E-state index >= 15 is 0 Å². The minimum absolute atomic E-state index is 0.111. The average Bonchev–Trinajstić information content (AvgIpc) is 2.53.